The zero-order valence-corrected chi connectivity index (χ0v) is 16.5. The molecule has 0 saturated carbocycles. The summed E-state index contributed by atoms with van der Waals surface area (Å²) < 4.78 is 5.70. The van der Waals surface area contributed by atoms with Gasteiger partial charge in [-0.15, -0.1) is 0 Å². The van der Waals surface area contributed by atoms with Crippen LogP contribution in [0.25, 0.3) is 11.3 Å². The summed E-state index contributed by atoms with van der Waals surface area (Å²) in [6, 6.07) is 15.5. The van der Waals surface area contributed by atoms with Crippen LogP contribution in [0.15, 0.2) is 48.5 Å². The Bertz CT molecular complexity index is 964. The number of nitrogens with zero attached hydrogens (tertiary/aromatic N) is 2. The van der Waals surface area contributed by atoms with Gasteiger partial charge in [-0.25, -0.2) is 0 Å². The molecule has 1 aliphatic rings. The molecule has 1 aromatic heterocycles. The van der Waals surface area contributed by atoms with E-state index in [9.17, 15) is 4.79 Å². The molecule has 28 heavy (non-hydrogen) atoms. The smallest absolute Gasteiger partial charge is 0.226 e. The number of aryl methyl sites for hydroxylation is 1. The fourth-order valence-electron chi connectivity index (χ4n) is 3.40. The van der Waals surface area contributed by atoms with E-state index in [2.05, 4.69) is 10.2 Å². The van der Waals surface area contributed by atoms with Crippen LogP contribution >= 0.6 is 11.6 Å². The summed E-state index contributed by atoms with van der Waals surface area (Å²) in [6.07, 6.45) is 1.14. The number of halogens is 1. The lowest BCUT2D eigenvalue weighted by molar-refractivity contribution is -0.132. The maximum absolute atomic E-state index is 12.7. The number of hydrogen-bond acceptors (Lipinski definition) is 3. The van der Waals surface area contributed by atoms with E-state index in [0.29, 0.717) is 31.1 Å². The van der Waals surface area contributed by atoms with Crippen molar-refractivity contribution in [1.29, 1.82) is 0 Å². The van der Waals surface area contributed by atoms with Crippen LogP contribution in [0.2, 0.25) is 5.02 Å². The average molecular weight is 396 g/mol. The predicted octanol–water partition coefficient (Wildman–Crippen LogP) is 4.39. The Hall–Kier alpha value is -2.79. The van der Waals surface area contributed by atoms with Crippen LogP contribution in [-0.2, 0) is 17.8 Å². The Balaban J connectivity index is 1.39. The van der Waals surface area contributed by atoms with E-state index in [1.807, 2.05) is 60.4 Å². The number of ether oxygens (including phenoxy) is 1. The Labute approximate surface area is 169 Å². The Morgan fingerprint density at radius 2 is 1.93 bits per heavy atom. The van der Waals surface area contributed by atoms with Gasteiger partial charge in [0.15, 0.2) is 0 Å². The van der Waals surface area contributed by atoms with Gasteiger partial charge in [0, 0.05) is 41.4 Å². The number of carbonyl (C=O) groups is 1. The van der Waals surface area contributed by atoms with Crippen LogP contribution < -0.4 is 4.74 Å². The number of H-pyrrole nitrogens is 1. The second-order valence-corrected chi connectivity index (χ2v) is 7.45. The molecule has 144 valence electrons. The highest BCUT2D eigenvalue weighted by Gasteiger charge is 2.25. The third-order valence-corrected chi connectivity index (χ3v) is 5.26. The van der Waals surface area contributed by atoms with Crippen molar-refractivity contribution in [1.82, 2.24) is 15.1 Å². The van der Waals surface area contributed by atoms with Crippen LogP contribution in [0, 0.1) is 6.92 Å². The average Bonchev–Trinajstić information content (AvgIpc) is 3.13. The van der Waals surface area contributed by atoms with E-state index >= 15 is 0 Å². The summed E-state index contributed by atoms with van der Waals surface area (Å²) in [7, 11) is 0. The first-order valence-electron chi connectivity index (χ1n) is 9.39. The van der Waals surface area contributed by atoms with Gasteiger partial charge < -0.3 is 9.64 Å². The summed E-state index contributed by atoms with van der Waals surface area (Å²) in [5, 5.41) is 8.29. The van der Waals surface area contributed by atoms with Crippen molar-refractivity contribution < 1.29 is 9.53 Å². The third kappa shape index (κ3) is 4.04. The molecule has 1 aliphatic heterocycles. The van der Waals surface area contributed by atoms with E-state index in [1.54, 1.807) is 0 Å². The number of nitrogens with one attached hydrogen (secondary N) is 1. The molecule has 0 unspecified atom stereocenters. The monoisotopic (exact) mass is 395 g/mol. The van der Waals surface area contributed by atoms with Crippen LogP contribution in [0.4, 0.5) is 0 Å². The molecule has 0 atom stereocenters. The van der Waals surface area contributed by atoms with E-state index in [4.69, 9.17) is 16.3 Å². The Morgan fingerprint density at radius 3 is 2.68 bits per heavy atom. The highest BCUT2D eigenvalue weighted by atomic mass is 35.5. The van der Waals surface area contributed by atoms with E-state index in [-0.39, 0.29) is 5.91 Å². The van der Waals surface area contributed by atoms with Crippen molar-refractivity contribution in [3.63, 3.8) is 0 Å². The minimum atomic E-state index is 0.0982. The number of hydrogen-bond donors (Lipinski definition) is 1. The Morgan fingerprint density at radius 1 is 1.18 bits per heavy atom. The second kappa shape index (κ2) is 8.07. The highest BCUT2D eigenvalue weighted by Crippen LogP contribution is 2.29. The van der Waals surface area contributed by atoms with Crippen molar-refractivity contribution in [3.8, 4) is 17.0 Å². The summed E-state index contributed by atoms with van der Waals surface area (Å²) in [6.45, 7) is 3.67. The van der Waals surface area contributed by atoms with Crippen molar-refractivity contribution >= 4 is 17.5 Å². The molecule has 0 bridgehead atoms. The molecular formula is C22H22ClN3O2. The molecule has 1 N–H and O–H groups in total. The number of amides is 1. The molecule has 4 rings (SSSR count). The molecule has 0 spiro atoms. The van der Waals surface area contributed by atoms with E-state index in [0.717, 1.165) is 34.7 Å². The first-order valence-corrected chi connectivity index (χ1v) is 9.77. The third-order valence-electron chi connectivity index (χ3n) is 5.01. The van der Waals surface area contributed by atoms with Gasteiger partial charge in [0.25, 0.3) is 0 Å². The first-order chi connectivity index (χ1) is 13.6. The van der Waals surface area contributed by atoms with Crippen molar-refractivity contribution in [2.24, 2.45) is 0 Å². The highest BCUT2D eigenvalue weighted by molar-refractivity contribution is 6.30. The molecule has 5 nitrogen and oxygen atoms in total. The number of aromatic nitrogens is 2. The van der Waals surface area contributed by atoms with Gasteiger partial charge in [-0.05, 0) is 31.2 Å². The lowest BCUT2D eigenvalue weighted by Gasteiger charge is -2.27. The topological polar surface area (TPSA) is 58.2 Å². The Kier molecular flexibility index (Phi) is 5.35. The SMILES string of the molecule is Cc1ccc(OCCC(=O)N2CCc3[nH]nc(-c4ccc(Cl)cc4)c3C2)cc1. The lowest BCUT2D eigenvalue weighted by atomic mass is 10.0. The van der Waals surface area contributed by atoms with Crippen LogP contribution in [0.3, 0.4) is 0 Å². The zero-order valence-electron chi connectivity index (χ0n) is 15.7. The van der Waals surface area contributed by atoms with Crippen LogP contribution in [0.1, 0.15) is 23.2 Å². The summed E-state index contributed by atoms with van der Waals surface area (Å²) in [4.78, 5) is 14.5. The van der Waals surface area contributed by atoms with Crippen molar-refractivity contribution in [2.45, 2.75) is 26.3 Å². The van der Waals surface area contributed by atoms with Gasteiger partial charge in [-0.3, -0.25) is 9.89 Å². The number of benzene rings is 2. The molecule has 0 saturated heterocycles. The van der Waals surface area contributed by atoms with Gasteiger partial charge in [0.05, 0.1) is 18.7 Å². The minimum Gasteiger partial charge on any atom is -0.493 e. The van der Waals surface area contributed by atoms with E-state index in [1.165, 1.54) is 5.56 Å². The molecule has 3 aromatic rings. The molecule has 0 fully saturated rings. The van der Waals surface area contributed by atoms with Gasteiger partial charge in [0.2, 0.25) is 5.91 Å². The zero-order chi connectivity index (χ0) is 19.5. The fraction of sp³-hybridized carbons (Fsp3) is 0.273. The lowest BCUT2D eigenvalue weighted by Crippen LogP contribution is -2.36. The van der Waals surface area contributed by atoms with Gasteiger partial charge in [-0.1, -0.05) is 41.4 Å². The predicted molar refractivity (Wildman–Crippen MR) is 109 cm³/mol. The number of carbonyl (C=O) groups excluding carboxylic acids is 1. The standard InChI is InChI=1S/C22H22ClN3O2/c1-15-2-8-18(9-3-15)28-13-11-21(27)26-12-10-20-19(14-26)22(25-24-20)16-4-6-17(23)7-5-16/h2-9H,10-14H2,1H3,(H,24,25). The fourth-order valence-corrected chi connectivity index (χ4v) is 3.53. The second-order valence-electron chi connectivity index (χ2n) is 7.01. The minimum absolute atomic E-state index is 0.0982. The maximum atomic E-state index is 12.7. The molecule has 0 aliphatic carbocycles. The number of rotatable bonds is 5. The number of aromatic amines is 1. The first kappa shape index (κ1) is 18.6. The molecule has 1 amide bonds. The van der Waals surface area contributed by atoms with E-state index < -0.39 is 0 Å². The maximum Gasteiger partial charge on any atom is 0.226 e. The summed E-state index contributed by atoms with van der Waals surface area (Å²) in [5.74, 6) is 0.889. The summed E-state index contributed by atoms with van der Waals surface area (Å²) >= 11 is 5.99. The quantitative estimate of drug-likeness (QED) is 0.696. The number of fused-ring (bicyclic) bond motifs is 1. The molecular weight excluding hydrogens is 374 g/mol. The summed E-state index contributed by atoms with van der Waals surface area (Å²) in [5.41, 5.74) is 5.26. The molecule has 2 heterocycles. The van der Waals surface area contributed by atoms with Gasteiger partial charge >= 0.3 is 0 Å². The van der Waals surface area contributed by atoms with Crippen LogP contribution in [0.5, 0.6) is 5.75 Å². The van der Waals surface area contributed by atoms with Crippen molar-refractivity contribution in [2.75, 3.05) is 13.2 Å². The molecule has 2 aromatic carbocycles. The largest absolute Gasteiger partial charge is 0.493 e. The van der Waals surface area contributed by atoms with Gasteiger partial charge in [-0.2, -0.15) is 5.10 Å². The van der Waals surface area contributed by atoms with Crippen LogP contribution in [-0.4, -0.2) is 34.2 Å². The van der Waals surface area contributed by atoms with Crippen molar-refractivity contribution in [3.05, 3.63) is 70.4 Å². The molecule has 6 heteroatoms. The van der Waals surface area contributed by atoms with Gasteiger partial charge in [0.1, 0.15) is 5.75 Å². The normalized spacial score (nSPS) is 13.3. The molecule has 0 radical (unpaired) electrons.